The predicted octanol–water partition coefficient (Wildman–Crippen LogP) is 4.44. The van der Waals surface area contributed by atoms with Crippen molar-refractivity contribution in [1.82, 2.24) is 34.4 Å². The summed E-state index contributed by atoms with van der Waals surface area (Å²) in [5.74, 6) is 1.77. The van der Waals surface area contributed by atoms with Crippen molar-refractivity contribution in [3.8, 4) is 11.5 Å². The van der Waals surface area contributed by atoms with Crippen LogP contribution in [0.1, 0.15) is 37.4 Å². The van der Waals surface area contributed by atoms with Gasteiger partial charge in [0.15, 0.2) is 5.82 Å². The molecule has 4 aromatic heterocycles. The highest BCUT2D eigenvalue weighted by Crippen LogP contribution is 2.52. The SMILES string of the molecule is CC1(C)C[C@H]1CN1CCN(c2ccnc(-c3cnc4ccc(C(F)(F)F)cn34)n2)C[C@H]1c1cn[nH]c1. The second-order valence-electron chi connectivity index (χ2n) is 10.4. The fourth-order valence-corrected chi connectivity index (χ4v) is 5.14. The Morgan fingerprint density at radius 3 is 2.67 bits per heavy atom. The Labute approximate surface area is 206 Å². The number of halogens is 3. The van der Waals surface area contributed by atoms with Crippen LogP contribution in [-0.2, 0) is 6.18 Å². The lowest BCUT2D eigenvalue weighted by Crippen LogP contribution is -2.49. The third kappa shape index (κ3) is 4.21. The van der Waals surface area contributed by atoms with E-state index in [1.807, 2.05) is 18.5 Å². The molecule has 0 aromatic carbocycles. The lowest BCUT2D eigenvalue weighted by molar-refractivity contribution is -0.137. The summed E-state index contributed by atoms with van der Waals surface area (Å²) in [7, 11) is 0. The molecule has 2 aliphatic rings. The highest BCUT2D eigenvalue weighted by molar-refractivity contribution is 5.59. The second kappa shape index (κ2) is 8.29. The summed E-state index contributed by atoms with van der Waals surface area (Å²) < 4.78 is 41.3. The Bertz CT molecular complexity index is 1380. The predicted molar refractivity (Wildman–Crippen MR) is 128 cm³/mol. The van der Waals surface area contributed by atoms with Gasteiger partial charge in [-0.15, -0.1) is 0 Å². The number of hydrogen-bond acceptors (Lipinski definition) is 6. The van der Waals surface area contributed by atoms with E-state index >= 15 is 0 Å². The minimum absolute atomic E-state index is 0.164. The molecule has 188 valence electrons. The molecule has 1 saturated carbocycles. The van der Waals surface area contributed by atoms with Crippen molar-refractivity contribution in [1.29, 1.82) is 0 Å². The summed E-state index contributed by atoms with van der Waals surface area (Å²) in [6, 6.07) is 4.39. The summed E-state index contributed by atoms with van der Waals surface area (Å²) in [4.78, 5) is 18.1. The topological polar surface area (TPSA) is 78.2 Å². The zero-order valence-electron chi connectivity index (χ0n) is 20.1. The Balaban J connectivity index is 1.28. The number of imidazole rings is 1. The Morgan fingerprint density at radius 1 is 1.11 bits per heavy atom. The summed E-state index contributed by atoms with van der Waals surface area (Å²) in [5.41, 5.74) is 1.61. The van der Waals surface area contributed by atoms with Crippen LogP contribution in [-0.4, -0.2) is 60.6 Å². The summed E-state index contributed by atoms with van der Waals surface area (Å²) in [5, 5.41) is 7.11. The van der Waals surface area contributed by atoms with Gasteiger partial charge in [-0.1, -0.05) is 13.8 Å². The van der Waals surface area contributed by atoms with Gasteiger partial charge in [-0.3, -0.25) is 14.4 Å². The van der Waals surface area contributed by atoms with Gasteiger partial charge in [0.1, 0.15) is 17.2 Å². The van der Waals surface area contributed by atoms with Gasteiger partial charge in [-0.25, -0.2) is 15.0 Å². The molecule has 1 N–H and O–H groups in total. The number of fused-ring (bicyclic) bond motifs is 1. The summed E-state index contributed by atoms with van der Waals surface area (Å²) in [6.07, 6.45) is 4.82. The molecule has 0 radical (unpaired) electrons. The van der Waals surface area contributed by atoms with Gasteiger partial charge >= 0.3 is 6.18 Å². The van der Waals surface area contributed by atoms with E-state index in [-0.39, 0.29) is 6.04 Å². The van der Waals surface area contributed by atoms with Crippen LogP contribution in [0, 0.1) is 11.3 Å². The molecule has 5 heterocycles. The van der Waals surface area contributed by atoms with Gasteiger partial charge in [0.25, 0.3) is 0 Å². The molecule has 1 saturated heterocycles. The minimum Gasteiger partial charge on any atom is -0.353 e. The van der Waals surface area contributed by atoms with E-state index in [0.717, 1.165) is 49.8 Å². The van der Waals surface area contributed by atoms with E-state index in [1.54, 1.807) is 6.20 Å². The fraction of sp³-hybridized carbons (Fsp3) is 0.440. The molecule has 1 aliphatic heterocycles. The number of aromatic amines is 1. The number of rotatable bonds is 5. The molecule has 11 heteroatoms. The number of nitrogens with one attached hydrogen (secondary N) is 1. The first-order chi connectivity index (χ1) is 17.2. The van der Waals surface area contributed by atoms with Gasteiger partial charge in [0, 0.05) is 50.3 Å². The van der Waals surface area contributed by atoms with Crippen LogP contribution in [0.5, 0.6) is 0 Å². The van der Waals surface area contributed by atoms with E-state index < -0.39 is 11.7 Å². The minimum atomic E-state index is -4.45. The molecule has 2 atom stereocenters. The molecule has 6 rings (SSSR count). The number of pyridine rings is 1. The first-order valence-electron chi connectivity index (χ1n) is 12.0. The number of anilines is 1. The lowest BCUT2D eigenvalue weighted by Gasteiger charge is -2.42. The molecule has 8 nitrogen and oxygen atoms in total. The van der Waals surface area contributed by atoms with Crippen molar-refractivity contribution < 1.29 is 13.2 Å². The highest BCUT2D eigenvalue weighted by atomic mass is 19.4. The van der Waals surface area contributed by atoms with Gasteiger partial charge < -0.3 is 4.90 Å². The van der Waals surface area contributed by atoms with Gasteiger partial charge in [-0.05, 0) is 36.0 Å². The van der Waals surface area contributed by atoms with Crippen LogP contribution in [0.4, 0.5) is 19.0 Å². The smallest absolute Gasteiger partial charge is 0.353 e. The highest BCUT2D eigenvalue weighted by Gasteiger charge is 2.47. The third-order valence-corrected chi connectivity index (χ3v) is 7.59. The number of H-pyrrole nitrogens is 1. The monoisotopic (exact) mass is 496 g/mol. The van der Waals surface area contributed by atoms with E-state index in [2.05, 4.69) is 43.8 Å². The third-order valence-electron chi connectivity index (χ3n) is 7.59. The molecule has 4 aromatic rings. The number of piperazine rings is 1. The number of hydrogen-bond donors (Lipinski definition) is 1. The summed E-state index contributed by atoms with van der Waals surface area (Å²) >= 11 is 0. The maximum atomic E-state index is 13.3. The van der Waals surface area contributed by atoms with Crippen LogP contribution < -0.4 is 4.90 Å². The number of alkyl halides is 3. The molecule has 2 fully saturated rings. The van der Waals surface area contributed by atoms with Crippen molar-refractivity contribution in [2.45, 2.75) is 32.5 Å². The van der Waals surface area contributed by atoms with Crippen LogP contribution >= 0.6 is 0 Å². The quantitative estimate of drug-likeness (QED) is 0.440. The normalized spacial score (nSPS) is 22.3. The molecular weight excluding hydrogens is 469 g/mol. The zero-order valence-corrected chi connectivity index (χ0v) is 20.1. The molecule has 0 spiro atoms. The van der Waals surface area contributed by atoms with Gasteiger partial charge in [0.05, 0.1) is 24.0 Å². The van der Waals surface area contributed by atoms with Crippen molar-refractivity contribution >= 4 is 11.5 Å². The first kappa shape index (κ1) is 23.0. The van der Waals surface area contributed by atoms with E-state index in [1.165, 1.54) is 23.1 Å². The first-order valence-corrected chi connectivity index (χ1v) is 12.0. The lowest BCUT2D eigenvalue weighted by atomic mass is 10.0. The molecule has 0 bridgehead atoms. The van der Waals surface area contributed by atoms with E-state index in [9.17, 15) is 13.2 Å². The van der Waals surface area contributed by atoms with Crippen LogP contribution in [0.2, 0.25) is 0 Å². The van der Waals surface area contributed by atoms with Crippen LogP contribution in [0.15, 0.2) is 49.2 Å². The largest absolute Gasteiger partial charge is 0.417 e. The number of aromatic nitrogens is 6. The standard InChI is InChI=1S/C25H27F3N8/c1-24(2)9-18(24)13-34-7-8-35(15-20(34)16-10-31-32-11-16)22-5-6-29-23(33-22)19-12-30-21-4-3-17(14-36(19)21)25(26,27)28/h3-6,10-12,14,18,20H,7-9,13,15H2,1-2H3,(H,31,32)/t18-,20-/m0/s1. The second-order valence-corrected chi connectivity index (χ2v) is 10.4. The molecule has 1 aliphatic carbocycles. The van der Waals surface area contributed by atoms with Gasteiger partial charge in [0.2, 0.25) is 0 Å². The average Bonchev–Trinajstić information content (AvgIpc) is 3.26. The Kier molecular flexibility index (Phi) is 5.29. The van der Waals surface area contributed by atoms with Crippen molar-refractivity contribution in [2.24, 2.45) is 11.3 Å². The van der Waals surface area contributed by atoms with Crippen LogP contribution in [0.3, 0.4) is 0 Å². The molecular formula is C25H27F3N8. The fourth-order valence-electron chi connectivity index (χ4n) is 5.14. The average molecular weight is 497 g/mol. The maximum Gasteiger partial charge on any atom is 0.417 e. The Morgan fingerprint density at radius 2 is 1.94 bits per heavy atom. The van der Waals surface area contributed by atoms with Crippen LogP contribution in [0.25, 0.3) is 17.2 Å². The molecule has 0 amide bonds. The Hall–Kier alpha value is -3.47. The van der Waals surface area contributed by atoms with E-state index in [0.29, 0.717) is 28.5 Å². The van der Waals surface area contributed by atoms with E-state index in [4.69, 9.17) is 4.98 Å². The maximum absolute atomic E-state index is 13.3. The van der Waals surface area contributed by atoms with Crippen molar-refractivity contribution in [3.63, 3.8) is 0 Å². The summed E-state index contributed by atoms with van der Waals surface area (Å²) in [6.45, 7) is 8.10. The number of nitrogens with zero attached hydrogens (tertiary/aromatic N) is 7. The van der Waals surface area contributed by atoms with Crippen molar-refractivity contribution in [3.05, 3.63) is 60.3 Å². The zero-order chi connectivity index (χ0) is 25.1. The molecule has 36 heavy (non-hydrogen) atoms. The molecule has 0 unspecified atom stereocenters. The van der Waals surface area contributed by atoms with Crippen molar-refractivity contribution in [2.75, 3.05) is 31.1 Å². The van der Waals surface area contributed by atoms with Gasteiger partial charge in [-0.2, -0.15) is 18.3 Å².